The van der Waals surface area contributed by atoms with Gasteiger partial charge >= 0.3 is 0 Å². The van der Waals surface area contributed by atoms with Crippen LogP contribution in [0.15, 0.2) is 23.4 Å². The molecule has 0 aliphatic carbocycles. The molecule has 0 unspecified atom stereocenters. The molecular formula is C7H13N. The highest BCUT2D eigenvalue weighted by atomic mass is 14.6. The normalized spacial score (nSPS) is 9.88. The van der Waals surface area contributed by atoms with Crippen molar-refractivity contribution in [2.75, 3.05) is 0 Å². The summed E-state index contributed by atoms with van der Waals surface area (Å²) in [6, 6.07) is 0. The molecule has 0 bridgehead atoms. The summed E-state index contributed by atoms with van der Waals surface area (Å²) in [6.07, 6.45) is 3.83. The van der Waals surface area contributed by atoms with Crippen LogP contribution >= 0.6 is 0 Å². The largest absolute Gasteiger partial charge is 0.399 e. The van der Waals surface area contributed by atoms with Gasteiger partial charge in [-0.25, -0.2) is 0 Å². The van der Waals surface area contributed by atoms with Crippen molar-refractivity contribution in [2.45, 2.75) is 20.8 Å². The lowest BCUT2D eigenvalue weighted by Gasteiger charge is -1.92. The van der Waals surface area contributed by atoms with E-state index in [1.165, 1.54) is 5.57 Å². The van der Waals surface area contributed by atoms with Crippen molar-refractivity contribution in [2.24, 2.45) is 5.73 Å². The van der Waals surface area contributed by atoms with Crippen LogP contribution in [0.3, 0.4) is 0 Å². The first-order chi connectivity index (χ1) is 3.68. The van der Waals surface area contributed by atoms with Gasteiger partial charge < -0.3 is 5.73 Å². The molecule has 0 fully saturated rings. The predicted molar refractivity (Wildman–Crippen MR) is 37.4 cm³/mol. The molecule has 1 nitrogen and oxygen atoms in total. The maximum absolute atomic E-state index is 5.52. The van der Waals surface area contributed by atoms with E-state index >= 15 is 0 Å². The molecule has 0 aliphatic rings. The summed E-state index contributed by atoms with van der Waals surface area (Å²) in [4.78, 5) is 0. The highest BCUT2D eigenvalue weighted by molar-refractivity contribution is 5.18. The molecule has 0 atom stereocenters. The smallest absolute Gasteiger partial charge is 0.0296 e. The molecule has 0 heterocycles. The first-order valence-corrected chi connectivity index (χ1v) is 2.74. The second kappa shape index (κ2) is 3.30. The van der Waals surface area contributed by atoms with E-state index in [-0.39, 0.29) is 0 Å². The molecule has 0 aliphatic heterocycles. The van der Waals surface area contributed by atoms with Crippen LogP contribution in [0, 0.1) is 0 Å². The molecule has 0 aromatic rings. The summed E-state index contributed by atoms with van der Waals surface area (Å²) < 4.78 is 0. The third-order valence-electron chi connectivity index (χ3n) is 0.924. The van der Waals surface area contributed by atoms with E-state index in [1.807, 2.05) is 32.9 Å². The van der Waals surface area contributed by atoms with Gasteiger partial charge in [0.1, 0.15) is 0 Å². The fraction of sp³-hybridized carbons (Fsp3) is 0.429. The quantitative estimate of drug-likeness (QED) is 0.513. The van der Waals surface area contributed by atoms with Crippen LogP contribution in [-0.2, 0) is 0 Å². The second-order valence-corrected chi connectivity index (χ2v) is 1.96. The van der Waals surface area contributed by atoms with Crippen molar-refractivity contribution in [3.8, 4) is 0 Å². The number of rotatable bonds is 1. The highest BCUT2D eigenvalue weighted by Gasteiger charge is 1.81. The zero-order valence-corrected chi connectivity index (χ0v) is 5.73. The number of hydrogen-bond donors (Lipinski definition) is 1. The standard InChI is InChI=1S/C7H13N/c1-4-5-7(8)6(2)3/h4-5H,8H2,1-3H3/b5-4-. The summed E-state index contributed by atoms with van der Waals surface area (Å²) in [5, 5.41) is 0. The lowest BCUT2D eigenvalue weighted by atomic mass is 10.2. The highest BCUT2D eigenvalue weighted by Crippen LogP contribution is 1.95. The summed E-state index contributed by atoms with van der Waals surface area (Å²) >= 11 is 0. The van der Waals surface area contributed by atoms with Crippen LogP contribution in [0.2, 0.25) is 0 Å². The molecule has 0 saturated heterocycles. The Balaban J connectivity index is 4.00. The minimum atomic E-state index is 0.868. The molecule has 0 amide bonds. The number of allylic oxidation sites excluding steroid dienone is 3. The van der Waals surface area contributed by atoms with E-state index in [1.54, 1.807) is 0 Å². The van der Waals surface area contributed by atoms with Crippen molar-refractivity contribution in [1.82, 2.24) is 0 Å². The van der Waals surface area contributed by atoms with E-state index in [0.29, 0.717) is 0 Å². The lowest BCUT2D eigenvalue weighted by Crippen LogP contribution is -1.94. The first kappa shape index (κ1) is 7.28. The minimum absolute atomic E-state index is 0.868. The van der Waals surface area contributed by atoms with Gasteiger partial charge in [-0.2, -0.15) is 0 Å². The molecule has 0 aromatic carbocycles. The third-order valence-corrected chi connectivity index (χ3v) is 0.924. The van der Waals surface area contributed by atoms with Gasteiger partial charge in [-0.15, -0.1) is 0 Å². The van der Waals surface area contributed by atoms with Crippen LogP contribution < -0.4 is 5.73 Å². The van der Waals surface area contributed by atoms with Gasteiger partial charge in [-0.1, -0.05) is 11.6 Å². The Morgan fingerprint density at radius 3 is 2.00 bits per heavy atom. The van der Waals surface area contributed by atoms with Crippen molar-refractivity contribution in [1.29, 1.82) is 0 Å². The fourth-order valence-electron chi connectivity index (χ4n) is 0.346. The predicted octanol–water partition coefficient (Wildman–Crippen LogP) is 1.82. The summed E-state index contributed by atoms with van der Waals surface area (Å²) in [7, 11) is 0. The Kier molecular flexibility index (Phi) is 3.01. The number of nitrogens with two attached hydrogens (primary N) is 1. The van der Waals surface area contributed by atoms with Crippen molar-refractivity contribution >= 4 is 0 Å². The van der Waals surface area contributed by atoms with Gasteiger partial charge in [0.05, 0.1) is 0 Å². The average molecular weight is 111 g/mol. The molecule has 0 spiro atoms. The van der Waals surface area contributed by atoms with Gasteiger partial charge in [-0.05, 0) is 26.8 Å². The van der Waals surface area contributed by atoms with E-state index in [4.69, 9.17) is 5.73 Å². The van der Waals surface area contributed by atoms with Crippen molar-refractivity contribution < 1.29 is 0 Å². The summed E-state index contributed by atoms with van der Waals surface area (Å²) in [6.45, 7) is 5.94. The van der Waals surface area contributed by atoms with Gasteiger partial charge in [0.2, 0.25) is 0 Å². The van der Waals surface area contributed by atoms with E-state index in [2.05, 4.69) is 0 Å². The van der Waals surface area contributed by atoms with Gasteiger partial charge in [0, 0.05) is 5.70 Å². The SMILES string of the molecule is C/C=C\C(N)=C(C)C. The van der Waals surface area contributed by atoms with Crippen LogP contribution in [0.5, 0.6) is 0 Å². The Morgan fingerprint density at radius 1 is 1.38 bits per heavy atom. The molecule has 0 radical (unpaired) electrons. The molecule has 8 heavy (non-hydrogen) atoms. The Bertz CT molecular complexity index is 116. The molecule has 0 saturated carbocycles. The van der Waals surface area contributed by atoms with Gasteiger partial charge in [-0.3, -0.25) is 0 Å². The Labute approximate surface area is 50.9 Å². The zero-order valence-electron chi connectivity index (χ0n) is 5.73. The van der Waals surface area contributed by atoms with Gasteiger partial charge in [0.15, 0.2) is 0 Å². The summed E-state index contributed by atoms with van der Waals surface area (Å²) in [5.74, 6) is 0. The molecule has 46 valence electrons. The van der Waals surface area contributed by atoms with Crippen molar-refractivity contribution in [3.63, 3.8) is 0 Å². The zero-order chi connectivity index (χ0) is 6.57. The van der Waals surface area contributed by atoms with E-state index < -0.39 is 0 Å². The Morgan fingerprint density at radius 2 is 1.88 bits per heavy atom. The molecule has 2 N–H and O–H groups in total. The third kappa shape index (κ3) is 2.45. The first-order valence-electron chi connectivity index (χ1n) is 2.74. The topological polar surface area (TPSA) is 26.0 Å². The minimum Gasteiger partial charge on any atom is -0.399 e. The maximum atomic E-state index is 5.52. The lowest BCUT2D eigenvalue weighted by molar-refractivity contribution is 1.25. The monoisotopic (exact) mass is 111 g/mol. The fourth-order valence-corrected chi connectivity index (χ4v) is 0.346. The van der Waals surface area contributed by atoms with Gasteiger partial charge in [0.25, 0.3) is 0 Å². The van der Waals surface area contributed by atoms with Crippen LogP contribution in [0.4, 0.5) is 0 Å². The summed E-state index contributed by atoms with van der Waals surface area (Å²) in [5.41, 5.74) is 7.56. The van der Waals surface area contributed by atoms with Crippen LogP contribution in [0.25, 0.3) is 0 Å². The molecular weight excluding hydrogens is 98.1 g/mol. The van der Waals surface area contributed by atoms with E-state index in [9.17, 15) is 0 Å². The van der Waals surface area contributed by atoms with Crippen LogP contribution in [0.1, 0.15) is 20.8 Å². The Hall–Kier alpha value is -0.720. The van der Waals surface area contributed by atoms with Crippen molar-refractivity contribution in [3.05, 3.63) is 23.4 Å². The average Bonchev–Trinajstić information content (AvgIpc) is 1.67. The van der Waals surface area contributed by atoms with E-state index in [0.717, 1.165) is 5.70 Å². The van der Waals surface area contributed by atoms with Crippen LogP contribution in [-0.4, -0.2) is 0 Å². The molecule has 0 aromatic heterocycles. The second-order valence-electron chi connectivity index (χ2n) is 1.96. The molecule has 0 rings (SSSR count). The number of hydrogen-bond acceptors (Lipinski definition) is 1. The molecule has 1 heteroatoms. The maximum Gasteiger partial charge on any atom is 0.0296 e.